The quantitative estimate of drug-likeness (QED) is 0.656. The van der Waals surface area contributed by atoms with Crippen molar-refractivity contribution in [2.45, 2.75) is 65.0 Å². The third kappa shape index (κ3) is 3.99. The van der Waals surface area contributed by atoms with Crippen molar-refractivity contribution in [1.82, 2.24) is 15.6 Å². The minimum absolute atomic E-state index is 0.0103. The molecule has 5 nitrogen and oxygen atoms in total. The molecule has 0 bridgehead atoms. The number of hydrogen-bond donors (Lipinski definition) is 2. The summed E-state index contributed by atoms with van der Waals surface area (Å²) in [7, 11) is 0. The first-order valence-corrected chi connectivity index (χ1v) is 7.49. The fourth-order valence-electron chi connectivity index (χ4n) is 1.94. The Labute approximate surface area is 121 Å². The van der Waals surface area contributed by atoms with Crippen molar-refractivity contribution in [2.24, 2.45) is 4.99 Å². The molecule has 0 aromatic carbocycles. The summed E-state index contributed by atoms with van der Waals surface area (Å²) in [5, 5.41) is 6.69. The van der Waals surface area contributed by atoms with Gasteiger partial charge in [-0.25, -0.2) is 9.98 Å². The Kier molecular flexibility index (Phi) is 4.68. The van der Waals surface area contributed by atoms with Gasteiger partial charge in [0.2, 0.25) is 5.89 Å². The van der Waals surface area contributed by atoms with E-state index in [0.29, 0.717) is 18.5 Å². The number of aromatic nitrogens is 1. The van der Waals surface area contributed by atoms with E-state index in [9.17, 15) is 0 Å². The molecule has 0 aliphatic heterocycles. The normalized spacial score (nSPS) is 16.9. The number of rotatable bonds is 4. The summed E-state index contributed by atoms with van der Waals surface area (Å²) in [6.45, 7) is 9.74. The van der Waals surface area contributed by atoms with E-state index < -0.39 is 0 Å². The third-order valence-electron chi connectivity index (χ3n) is 3.46. The highest BCUT2D eigenvalue weighted by atomic mass is 16.4. The van der Waals surface area contributed by atoms with E-state index in [2.05, 4.69) is 48.3 Å². The predicted octanol–water partition coefficient (Wildman–Crippen LogP) is 2.58. The van der Waals surface area contributed by atoms with Crippen molar-refractivity contribution in [1.29, 1.82) is 0 Å². The van der Waals surface area contributed by atoms with E-state index in [1.807, 2.05) is 0 Å². The molecular formula is C15H26N4O. The Morgan fingerprint density at radius 3 is 2.70 bits per heavy atom. The third-order valence-corrected chi connectivity index (χ3v) is 3.46. The molecule has 1 saturated carbocycles. The van der Waals surface area contributed by atoms with Crippen LogP contribution in [-0.4, -0.2) is 23.5 Å². The van der Waals surface area contributed by atoms with Crippen LogP contribution in [0.5, 0.6) is 0 Å². The average molecular weight is 278 g/mol. The molecule has 1 aliphatic rings. The maximum atomic E-state index is 5.75. The predicted molar refractivity (Wildman–Crippen MR) is 80.8 cm³/mol. The van der Waals surface area contributed by atoms with Crippen molar-refractivity contribution >= 4 is 5.96 Å². The molecule has 1 aliphatic carbocycles. The van der Waals surface area contributed by atoms with Crippen LogP contribution in [0.25, 0.3) is 0 Å². The molecule has 0 unspecified atom stereocenters. The van der Waals surface area contributed by atoms with Gasteiger partial charge in [-0.1, -0.05) is 20.8 Å². The molecule has 0 radical (unpaired) electrons. The second kappa shape index (κ2) is 6.29. The summed E-state index contributed by atoms with van der Waals surface area (Å²) in [5.74, 6) is 2.42. The van der Waals surface area contributed by atoms with Gasteiger partial charge in [0.25, 0.3) is 0 Å². The fourth-order valence-corrected chi connectivity index (χ4v) is 1.94. The molecule has 1 aromatic heterocycles. The molecule has 0 spiro atoms. The summed E-state index contributed by atoms with van der Waals surface area (Å²) < 4.78 is 5.75. The summed E-state index contributed by atoms with van der Waals surface area (Å²) in [6, 6.07) is 0.572. The number of oxazole rings is 1. The molecular weight excluding hydrogens is 252 g/mol. The summed E-state index contributed by atoms with van der Waals surface area (Å²) >= 11 is 0. The number of hydrogen-bond acceptors (Lipinski definition) is 3. The number of nitrogens with one attached hydrogen (secondary N) is 2. The number of aliphatic imine (C=N–C) groups is 1. The molecule has 112 valence electrons. The van der Waals surface area contributed by atoms with Crippen LogP contribution < -0.4 is 10.6 Å². The van der Waals surface area contributed by atoms with Crippen molar-refractivity contribution in [2.75, 3.05) is 6.54 Å². The van der Waals surface area contributed by atoms with Crippen LogP contribution in [0, 0.1) is 0 Å². The van der Waals surface area contributed by atoms with E-state index in [0.717, 1.165) is 18.3 Å². The molecule has 0 atom stereocenters. The lowest BCUT2D eigenvalue weighted by molar-refractivity contribution is 0.376. The Balaban J connectivity index is 1.95. The topological polar surface area (TPSA) is 62.5 Å². The summed E-state index contributed by atoms with van der Waals surface area (Å²) in [4.78, 5) is 8.84. The molecule has 0 saturated heterocycles. The Morgan fingerprint density at radius 2 is 2.20 bits per heavy atom. The van der Waals surface area contributed by atoms with Gasteiger partial charge in [-0.05, 0) is 26.2 Å². The highest BCUT2D eigenvalue weighted by molar-refractivity contribution is 5.80. The van der Waals surface area contributed by atoms with Gasteiger partial charge in [-0.2, -0.15) is 0 Å². The van der Waals surface area contributed by atoms with Gasteiger partial charge in [0.1, 0.15) is 12.3 Å². The Bertz CT molecular complexity index is 455. The first-order valence-electron chi connectivity index (χ1n) is 7.49. The van der Waals surface area contributed by atoms with Gasteiger partial charge >= 0.3 is 0 Å². The first kappa shape index (κ1) is 14.9. The summed E-state index contributed by atoms with van der Waals surface area (Å²) in [5.41, 5.74) is -0.0103. The van der Waals surface area contributed by atoms with Crippen LogP contribution >= 0.6 is 0 Å². The highest BCUT2D eigenvalue weighted by Gasteiger charge is 2.20. The SMILES string of the molecule is CCNC(=NCc1ncc(C(C)(C)C)o1)NC1CCC1. The van der Waals surface area contributed by atoms with Crippen molar-refractivity contribution in [3.8, 4) is 0 Å². The lowest BCUT2D eigenvalue weighted by Crippen LogP contribution is -2.46. The van der Waals surface area contributed by atoms with Crippen LogP contribution in [0.4, 0.5) is 0 Å². The maximum Gasteiger partial charge on any atom is 0.216 e. The number of guanidine groups is 1. The van der Waals surface area contributed by atoms with Gasteiger partial charge in [-0.3, -0.25) is 0 Å². The second-order valence-corrected chi connectivity index (χ2v) is 6.34. The lowest BCUT2D eigenvalue weighted by atomic mass is 9.93. The Morgan fingerprint density at radius 1 is 1.45 bits per heavy atom. The van der Waals surface area contributed by atoms with Gasteiger partial charge < -0.3 is 15.1 Å². The molecule has 1 aromatic rings. The minimum Gasteiger partial charge on any atom is -0.443 e. The van der Waals surface area contributed by atoms with Crippen molar-refractivity contribution in [3.05, 3.63) is 17.8 Å². The monoisotopic (exact) mass is 278 g/mol. The standard InChI is InChI=1S/C15H26N4O/c1-5-16-14(19-11-7-6-8-11)18-10-13-17-9-12(20-13)15(2,3)4/h9,11H,5-8,10H2,1-4H3,(H2,16,18,19). The van der Waals surface area contributed by atoms with E-state index >= 15 is 0 Å². The zero-order valence-electron chi connectivity index (χ0n) is 13.0. The molecule has 1 heterocycles. The minimum atomic E-state index is -0.0103. The Hall–Kier alpha value is -1.52. The van der Waals surface area contributed by atoms with Gasteiger partial charge in [-0.15, -0.1) is 0 Å². The first-order chi connectivity index (χ1) is 9.49. The lowest BCUT2D eigenvalue weighted by Gasteiger charge is -2.28. The zero-order chi connectivity index (χ0) is 14.6. The van der Waals surface area contributed by atoms with Gasteiger partial charge in [0.15, 0.2) is 5.96 Å². The molecule has 2 rings (SSSR count). The highest BCUT2D eigenvalue weighted by Crippen LogP contribution is 2.22. The van der Waals surface area contributed by atoms with E-state index in [4.69, 9.17) is 4.42 Å². The van der Waals surface area contributed by atoms with Crippen LogP contribution in [0.2, 0.25) is 0 Å². The van der Waals surface area contributed by atoms with Crippen LogP contribution in [-0.2, 0) is 12.0 Å². The molecule has 1 fully saturated rings. The second-order valence-electron chi connectivity index (χ2n) is 6.34. The van der Waals surface area contributed by atoms with E-state index in [-0.39, 0.29) is 5.41 Å². The largest absolute Gasteiger partial charge is 0.443 e. The van der Waals surface area contributed by atoms with Crippen molar-refractivity contribution < 1.29 is 4.42 Å². The van der Waals surface area contributed by atoms with Crippen LogP contribution in [0.1, 0.15) is 58.6 Å². The van der Waals surface area contributed by atoms with E-state index in [1.165, 1.54) is 19.3 Å². The maximum absolute atomic E-state index is 5.75. The average Bonchev–Trinajstić information content (AvgIpc) is 2.79. The van der Waals surface area contributed by atoms with Crippen LogP contribution in [0.3, 0.4) is 0 Å². The molecule has 20 heavy (non-hydrogen) atoms. The van der Waals surface area contributed by atoms with Crippen molar-refractivity contribution in [3.63, 3.8) is 0 Å². The van der Waals surface area contributed by atoms with Gasteiger partial charge in [0, 0.05) is 18.0 Å². The fraction of sp³-hybridized carbons (Fsp3) is 0.733. The van der Waals surface area contributed by atoms with Crippen LogP contribution in [0.15, 0.2) is 15.6 Å². The summed E-state index contributed by atoms with van der Waals surface area (Å²) in [6.07, 6.45) is 5.58. The smallest absolute Gasteiger partial charge is 0.216 e. The molecule has 5 heteroatoms. The number of nitrogens with zero attached hydrogens (tertiary/aromatic N) is 2. The zero-order valence-corrected chi connectivity index (χ0v) is 13.0. The van der Waals surface area contributed by atoms with Gasteiger partial charge in [0.05, 0.1) is 6.20 Å². The molecule has 2 N–H and O–H groups in total. The molecule has 0 amide bonds. The van der Waals surface area contributed by atoms with E-state index in [1.54, 1.807) is 6.20 Å².